The van der Waals surface area contributed by atoms with Crippen molar-refractivity contribution in [2.24, 2.45) is 5.16 Å². The summed E-state index contributed by atoms with van der Waals surface area (Å²) >= 11 is 0. The summed E-state index contributed by atoms with van der Waals surface area (Å²) in [5.74, 6) is 0. The van der Waals surface area contributed by atoms with Gasteiger partial charge in [0.05, 0.1) is 30.1 Å². The monoisotopic (exact) mass is 257 g/mol. The van der Waals surface area contributed by atoms with Gasteiger partial charge in [-0.15, -0.1) is 0 Å². The van der Waals surface area contributed by atoms with Gasteiger partial charge in [-0.2, -0.15) is 5.26 Å². The second-order valence-corrected chi connectivity index (χ2v) is 5.04. The number of hydrogen-bond acceptors (Lipinski definition) is 4. The van der Waals surface area contributed by atoms with E-state index in [0.717, 1.165) is 11.3 Å². The molecule has 0 saturated carbocycles. The second kappa shape index (κ2) is 5.41. The molecule has 4 nitrogen and oxygen atoms in total. The van der Waals surface area contributed by atoms with Gasteiger partial charge in [0.15, 0.2) is 5.60 Å². The molecular weight excluding hydrogens is 240 g/mol. The van der Waals surface area contributed by atoms with E-state index in [9.17, 15) is 0 Å². The fraction of sp³-hybridized carbons (Fsp3) is 0.400. The predicted molar refractivity (Wildman–Crippen MR) is 72.6 cm³/mol. The summed E-state index contributed by atoms with van der Waals surface area (Å²) in [6.45, 7) is 8.37. The van der Waals surface area contributed by atoms with Crippen LogP contribution >= 0.6 is 0 Å². The molecule has 1 aliphatic rings. The third-order valence-corrected chi connectivity index (χ3v) is 2.84. The van der Waals surface area contributed by atoms with Crippen LogP contribution in [0, 0.1) is 18.3 Å². The molecule has 1 aliphatic heterocycles. The highest BCUT2D eigenvalue weighted by Crippen LogP contribution is 2.27. The molecule has 1 unspecified atom stereocenters. The summed E-state index contributed by atoms with van der Waals surface area (Å²) in [5.41, 5.74) is 1.65. The highest BCUT2D eigenvalue weighted by atomic mass is 16.7. The van der Waals surface area contributed by atoms with Crippen molar-refractivity contribution in [1.82, 2.24) is 0 Å². The van der Waals surface area contributed by atoms with Crippen LogP contribution < -0.4 is 0 Å². The summed E-state index contributed by atoms with van der Waals surface area (Å²) in [6.07, 6.45) is 0.711. The maximum absolute atomic E-state index is 8.90. The summed E-state index contributed by atoms with van der Waals surface area (Å²) in [7, 11) is 0. The Kier molecular flexibility index (Phi) is 3.87. The summed E-state index contributed by atoms with van der Waals surface area (Å²) in [5, 5.41) is 13.0. The van der Waals surface area contributed by atoms with Crippen molar-refractivity contribution < 1.29 is 9.57 Å². The molecule has 1 aromatic rings. The molecule has 2 rings (SSSR count). The molecular formula is C15H17N2O2. The average molecular weight is 257 g/mol. The van der Waals surface area contributed by atoms with Crippen LogP contribution in [0.1, 0.15) is 31.4 Å². The fourth-order valence-electron chi connectivity index (χ4n) is 1.84. The van der Waals surface area contributed by atoms with E-state index in [1.807, 2.05) is 26.0 Å². The Morgan fingerprint density at radius 2 is 2.37 bits per heavy atom. The third-order valence-electron chi connectivity index (χ3n) is 2.84. The van der Waals surface area contributed by atoms with E-state index in [0.29, 0.717) is 18.6 Å². The standard InChI is InChI=1S/C15H17N2O2/c1-11(2)18-10-15(3)8-14(17-19-15)13-6-4-5-12(7-13)9-16/h4-7,11H,3,8,10H2,1-2H3. The molecule has 0 aromatic heterocycles. The molecule has 0 N–H and O–H groups in total. The van der Waals surface area contributed by atoms with Crippen molar-refractivity contribution in [3.63, 3.8) is 0 Å². The minimum atomic E-state index is -0.664. The van der Waals surface area contributed by atoms with E-state index in [1.54, 1.807) is 12.1 Å². The lowest BCUT2D eigenvalue weighted by Crippen LogP contribution is -2.32. The van der Waals surface area contributed by atoms with Crippen LogP contribution in [0.5, 0.6) is 0 Å². The van der Waals surface area contributed by atoms with Gasteiger partial charge in [-0.25, -0.2) is 0 Å². The maximum atomic E-state index is 8.90. The smallest absolute Gasteiger partial charge is 0.166 e. The SMILES string of the molecule is [CH2]C1(COC(C)C)CC(c2cccc(C#N)c2)=NO1. The van der Waals surface area contributed by atoms with Gasteiger partial charge in [-0.05, 0) is 32.9 Å². The molecule has 1 radical (unpaired) electrons. The minimum absolute atomic E-state index is 0.133. The molecule has 0 amide bonds. The van der Waals surface area contributed by atoms with Crippen molar-refractivity contribution in [1.29, 1.82) is 5.26 Å². The number of nitrogens with zero attached hydrogens (tertiary/aromatic N) is 2. The first kappa shape index (κ1) is 13.6. The van der Waals surface area contributed by atoms with E-state index in [-0.39, 0.29) is 6.10 Å². The first-order valence-electron chi connectivity index (χ1n) is 6.25. The van der Waals surface area contributed by atoms with Gasteiger partial charge in [0, 0.05) is 12.0 Å². The van der Waals surface area contributed by atoms with E-state index in [4.69, 9.17) is 14.8 Å². The van der Waals surface area contributed by atoms with Gasteiger partial charge in [0.1, 0.15) is 0 Å². The van der Waals surface area contributed by atoms with Crippen LogP contribution in [-0.2, 0) is 9.57 Å². The van der Waals surface area contributed by atoms with Gasteiger partial charge >= 0.3 is 0 Å². The summed E-state index contributed by atoms with van der Waals surface area (Å²) < 4.78 is 5.54. The van der Waals surface area contributed by atoms with Crippen molar-refractivity contribution in [3.05, 3.63) is 42.3 Å². The van der Waals surface area contributed by atoms with Crippen LogP contribution in [0.2, 0.25) is 0 Å². The molecule has 0 aliphatic carbocycles. The topological polar surface area (TPSA) is 54.6 Å². The van der Waals surface area contributed by atoms with Crippen LogP contribution in [0.3, 0.4) is 0 Å². The molecule has 4 heteroatoms. The Balaban J connectivity index is 2.06. The van der Waals surface area contributed by atoms with Gasteiger partial charge in [-0.3, -0.25) is 0 Å². The largest absolute Gasteiger partial charge is 0.386 e. The number of benzene rings is 1. The molecule has 0 spiro atoms. The summed E-state index contributed by atoms with van der Waals surface area (Å²) in [4.78, 5) is 5.40. The quantitative estimate of drug-likeness (QED) is 0.833. The van der Waals surface area contributed by atoms with Crippen LogP contribution in [-0.4, -0.2) is 24.0 Å². The third kappa shape index (κ3) is 3.33. The average Bonchev–Trinajstić information content (AvgIpc) is 2.80. The van der Waals surface area contributed by atoms with Crippen LogP contribution in [0.4, 0.5) is 0 Å². The highest BCUT2D eigenvalue weighted by molar-refractivity contribution is 6.02. The van der Waals surface area contributed by atoms with Crippen molar-refractivity contribution >= 4 is 5.71 Å². The Labute approximate surface area is 113 Å². The number of rotatable bonds is 4. The Morgan fingerprint density at radius 3 is 3.05 bits per heavy atom. The number of hydrogen-bond donors (Lipinski definition) is 0. The van der Waals surface area contributed by atoms with Gasteiger partial charge < -0.3 is 9.57 Å². The zero-order chi connectivity index (χ0) is 13.9. The predicted octanol–water partition coefficient (Wildman–Crippen LogP) is 2.68. The normalized spacial score (nSPS) is 21.9. The second-order valence-electron chi connectivity index (χ2n) is 5.04. The molecule has 0 saturated heterocycles. The van der Waals surface area contributed by atoms with E-state index in [2.05, 4.69) is 18.1 Å². The van der Waals surface area contributed by atoms with E-state index in [1.165, 1.54) is 0 Å². The zero-order valence-corrected chi connectivity index (χ0v) is 11.2. The molecule has 19 heavy (non-hydrogen) atoms. The first-order valence-corrected chi connectivity index (χ1v) is 6.25. The molecule has 1 heterocycles. The first-order chi connectivity index (χ1) is 9.02. The van der Waals surface area contributed by atoms with Gasteiger partial charge in [0.25, 0.3) is 0 Å². The van der Waals surface area contributed by atoms with Crippen LogP contribution in [0.15, 0.2) is 29.4 Å². The lowest BCUT2D eigenvalue weighted by Gasteiger charge is -2.22. The maximum Gasteiger partial charge on any atom is 0.166 e. The zero-order valence-electron chi connectivity index (χ0n) is 11.2. The lowest BCUT2D eigenvalue weighted by atomic mass is 9.96. The van der Waals surface area contributed by atoms with Gasteiger partial charge in [-0.1, -0.05) is 17.3 Å². The van der Waals surface area contributed by atoms with E-state index < -0.39 is 5.60 Å². The molecule has 0 bridgehead atoms. The Bertz CT molecular complexity index is 531. The van der Waals surface area contributed by atoms with Gasteiger partial charge in [0.2, 0.25) is 0 Å². The molecule has 1 atom stereocenters. The van der Waals surface area contributed by atoms with Crippen LogP contribution in [0.25, 0.3) is 0 Å². The Hall–Kier alpha value is -1.86. The van der Waals surface area contributed by atoms with Crippen molar-refractivity contribution in [3.8, 4) is 6.07 Å². The van der Waals surface area contributed by atoms with Crippen molar-refractivity contribution in [2.45, 2.75) is 32.0 Å². The van der Waals surface area contributed by atoms with E-state index >= 15 is 0 Å². The molecule has 1 aromatic carbocycles. The molecule has 0 fully saturated rings. The molecule has 99 valence electrons. The summed E-state index contributed by atoms with van der Waals surface area (Å²) in [6, 6.07) is 9.43. The minimum Gasteiger partial charge on any atom is -0.386 e. The number of nitriles is 1. The van der Waals surface area contributed by atoms with Crippen molar-refractivity contribution in [2.75, 3.05) is 6.61 Å². The Morgan fingerprint density at radius 1 is 1.58 bits per heavy atom. The highest BCUT2D eigenvalue weighted by Gasteiger charge is 2.35. The number of ether oxygens (including phenoxy) is 1. The lowest BCUT2D eigenvalue weighted by molar-refractivity contribution is -0.0653. The fourth-order valence-corrected chi connectivity index (χ4v) is 1.84. The number of oxime groups is 1.